The Balaban J connectivity index is 1.96. The zero-order chi connectivity index (χ0) is 17.1. The van der Waals surface area contributed by atoms with Crippen LogP contribution >= 0.6 is 0 Å². The minimum absolute atomic E-state index is 0.0138. The third kappa shape index (κ3) is 3.19. The van der Waals surface area contributed by atoms with Crippen LogP contribution in [-0.2, 0) is 0 Å². The van der Waals surface area contributed by atoms with Crippen LogP contribution in [0, 0.1) is 0 Å². The molecule has 3 aromatic rings. The van der Waals surface area contributed by atoms with Crippen LogP contribution in [0.25, 0.3) is 16.9 Å². The smallest absolute Gasteiger partial charge is 0.387 e. The molecular formula is C15H10F2N4O3. The molecule has 24 heavy (non-hydrogen) atoms. The van der Waals surface area contributed by atoms with Gasteiger partial charge >= 0.3 is 12.6 Å². The maximum atomic E-state index is 12.3. The molecule has 0 fully saturated rings. The second-order valence-electron chi connectivity index (χ2n) is 4.64. The van der Waals surface area contributed by atoms with Gasteiger partial charge in [0.15, 0.2) is 5.82 Å². The van der Waals surface area contributed by atoms with Gasteiger partial charge in [-0.05, 0) is 18.2 Å². The number of hydrogen-bond donors (Lipinski definition) is 1. The van der Waals surface area contributed by atoms with E-state index in [4.69, 9.17) is 0 Å². The van der Waals surface area contributed by atoms with E-state index in [2.05, 4.69) is 19.8 Å². The third-order valence-corrected chi connectivity index (χ3v) is 3.09. The van der Waals surface area contributed by atoms with Crippen molar-refractivity contribution in [1.29, 1.82) is 0 Å². The van der Waals surface area contributed by atoms with Gasteiger partial charge in [0.25, 0.3) is 0 Å². The summed E-state index contributed by atoms with van der Waals surface area (Å²) in [6, 6.07) is 4.30. The molecule has 0 aliphatic rings. The summed E-state index contributed by atoms with van der Waals surface area (Å²) in [5.74, 6) is -1.08. The van der Waals surface area contributed by atoms with E-state index in [-0.39, 0.29) is 17.1 Å². The van der Waals surface area contributed by atoms with Crippen molar-refractivity contribution in [3.8, 4) is 22.7 Å². The Bertz CT molecular complexity index is 882. The molecule has 0 bridgehead atoms. The first-order valence-corrected chi connectivity index (χ1v) is 6.68. The molecule has 0 aromatic carbocycles. The highest BCUT2D eigenvalue weighted by Crippen LogP contribution is 2.24. The lowest BCUT2D eigenvalue weighted by Gasteiger charge is -2.05. The van der Waals surface area contributed by atoms with Crippen LogP contribution in [0.3, 0.4) is 0 Å². The molecule has 3 rings (SSSR count). The summed E-state index contributed by atoms with van der Waals surface area (Å²) in [6.45, 7) is -2.95. The SMILES string of the molecule is O=C(O)c1cccnc1-n1cc(-c2cncc(OC(F)F)c2)cn1. The molecule has 3 heterocycles. The highest BCUT2D eigenvalue weighted by molar-refractivity contribution is 5.91. The number of pyridine rings is 2. The van der Waals surface area contributed by atoms with Crippen LogP contribution in [0.5, 0.6) is 5.75 Å². The fraction of sp³-hybridized carbons (Fsp3) is 0.0667. The van der Waals surface area contributed by atoms with Gasteiger partial charge in [-0.2, -0.15) is 13.9 Å². The Morgan fingerprint density at radius 1 is 1.25 bits per heavy atom. The number of carboxylic acid groups (broad SMARTS) is 1. The van der Waals surface area contributed by atoms with Crippen molar-refractivity contribution < 1.29 is 23.4 Å². The summed E-state index contributed by atoms with van der Waals surface area (Å²) >= 11 is 0. The van der Waals surface area contributed by atoms with Crippen molar-refractivity contribution in [2.75, 3.05) is 0 Å². The van der Waals surface area contributed by atoms with Gasteiger partial charge in [-0.1, -0.05) is 0 Å². The van der Waals surface area contributed by atoms with Crippen molar-refractivity contribution in [3.05, 3.63) is 54.7 Å². The molecular weight excluding hydrogens is 322 g/mol. The maximum Gasteiger partial charge on any atom is 0.387 e. The summed E-state index contributed by atoms with van der Waals surface area (Å²) in [7, 11) is 0. The fourth-order valence-electron chi connectivity index (χ4n) is 2.08. The van der Waals surface area contributed by atoms with Crippen molar-refractivity contribution in [2.45, 2.75) is 6.61 Å². The number of alkyl halides is 2. The number of hydrogen-bond acceptors (Lipinski definition) is 5. The van der Waals surface area contributed by atoms with Gasteiger partial charge in [0.05, 0.1) is 12.4 Å². The topological polar surface area (TPSA) is 90.1 Å². The predicted molar refractivity (Wildman–Crippen MR) is 78.2 cm³/mol. The van der Waals surface area contributed by atoms with Gasteiger partial charge < -0.3 is 9.84 Å². The summed E-state index contributed by atoms with van der Waals surface area (Å²) in [6.07, 6.45) is 7.04. The van der Waals surface area contributed by atoms with Crippen molar-refractivity contribution in [2.24, 2.45) is 0 Å². The average Bonchev–Trinajstić information content (AvgIpc) is 3.04. The van der Waals surface area contributed by atoms with E-state index in [1.165, 1.54) is 53.9 Å². The van der Waals surface area contributed by atoms with Gasteiger partial charge in [-0.3, -0.25) is 4.98 Å². The quantitative estimate of drug-likeness (QED) is 0.772. The molecule has 0 unspecified atom stereocenters. The second kappa shape index (κ2) is 6.41. The minimum Gasteiger partial charge on any atom is -0.478 e. The summed E-state index contributed by atoms with van der Waals surface area (Å²) < 4.78 is 30.1. The fourth-order valence-corrected chi connectivity index (χ4v) is 2.08. The molecule has 0 atom stereocenters. The molecule has 0 amide bonds. The first kappa shape index (κ1) is 15.5. The molecule has 0 saturated heterocycles. The van der Waals surface area contributed by atoms with Gasteiger partial charge in [-0.15, -0.1) is 0 Å². The number of nitrogens with zero attached hydrogens (tertiary/aromatic N) is 4. The van der Waals surface area contributed by atoms with E-state index < -0.39 is 12.6 Å². The van der Waals surface area contributed by atoms with Gasteiger partial charge in [0.2, 0.25) is 0 Å². The van der Waals surface area contributed by atoms with E-state index in [1.807, 2.05) is 0 Å². The third-order valence-electron chi connectivity index (χ3n) is 3.09. The van der Waals surface area contributed by atoms with Crippen LogP contribution in [0.15, 0.2) is 49.2 Å². The maximum absolute atomic E-state index is 12.3. The summed E-state index contributed by atoms with van der Waals surface area (Å²) in [4.78, 5) is 19.1. The van der Waals surface area contributed by atoms with E-state index in [0.29, 0.717) is 11.1 Å². The van der Waals surface area contributed by atoms with E-state index in [9.17, 15) is 18.7 Å². The molecule has 0 aliphatic carbocycles. The first-order chi connectivity index (χ1) is 11.5. The van der Waals surface area contributed by atoms with Crippen molar-refractivity contribution >= 4 is 5.97 Å². The number of carboxylic acids is 1. The average molecular weight is 332 g/mol. The Morgan fingerprint density at radius 2 is 2.08 bits per heavy atom. The highest BCUT2D eigenvalue weighted by Gasteiger charge is 2.14. The zero-order valence-electron chi connectivity index (χ0n) is 12.0. The summed E-state index contributed by atoms with van der Waals surface area (Å²) in [5.41, 5.74) is 1.02. The molecule has 0 aliphatic heterocycles. The lowest BCUT2D eigenvalue weighted by Crippen LogP contribution is -2.07. The molecule has 0 spiro atoms. The lowest BCUT2D eigenvalue weighted by molar-refractivity contribution is -0.0500. The summed E-state index contributed by atoms with van der Waals surface area (Å²) in [5, 5.41) is 13.3. The number of rotatable bonds is 5. The van der Waals surface area contributed by atoms with Gasteiger partial charge in [0, 0.05) is 29.7 Å². The van der Waals surface area contributed by atoms with Crippen LogP contribution in [0.1, 0.15) is 10.4 Å². The second-order valence-corrected chi connectivity index (χ2v) is 4.64. The number of halogens is 2. The molecule has 0 saturated carbocycles. The normalized spacial score (nSPS) is 10.8. The number of aromatic nitrogens is 4. The predicted octanol–water partition coefficient (Wildman–Crippen LogP) is 2.63. The molecule has 0 radical (unpaired) electrons. The Labute approximate surface area is 134 Å². The standard InChI is InChI=1S/C15H10F2N4O3/c16-15(17)24-11-4-9(5-18-7-11)10-6-20-21(8-10)13-12(14(22)23)2-1-3-19-13/h1-8,15H,(H,22,23). The van der Waals surface area contributed by atoms with Crippen LogP contribution in [0.4, 0.5) is 8.78 Å². The Hall–Kier alpha value is -3.36. The van der Waals surface area contributed by atoms with Crippen molar-refractivity contribution in [1.82, 2.24) is 19.7 Å². The highest BCUT2D eigenvalue weighted by atomic mass is 19.3. The molecule has 122 valence electrons. The Kier molecular flexibility index (Phi) is 4.15. The Morgan fingerprint density at radius 3 is 2.83 bits per heavy atom. The minimum atomic E-state index is -2.95. The van der Waals surface area contributed by atoms with Gasteiger partial charge in [-0.25, -0.2) is 14.5 Å². The monoisotopic (exact) mass is 332 g/mol. The van der Waals surface area contributed by atoms with Crippen LogP contribution in [-0.4, -0.2) is 37.4 Å². The van der Waals surface area contributed by atoms with Crippen molar-refractivity contribution in [3.63, 3.8) is 0 Å². The number of carbonyl (C=O) groups is 1. The van der Waals surface area contributed by atoms with Gasteiger partial charge in [0.1, 0.15) is 11.3 Å². The van der Waals surface area contributed by atoms with E-state index in [1.54, 1.807) is 0 Å². The molecule has 9 heteroatoms. The van der Waals surface area contributed by atoms with E-state index in [0.717, 1.165) is 0 Å². The molecule has 3 aromatic heterocycles. The zero-order valence-corrected chi connectivity index (χ0v) is 12.0. The number of ether oxygens (including phenoxy) is 1. The molecule has 1 N–H and O–H groups in total. The lowest BCUT2D eigenvalue weighted by atomic mass is 10.1. The largest absolute Gasteiger partial charge is 0.478 e. The molecule has 7 nitrogen and oxygen atoms in total. The number of aromatic carboxylic acids is 1. The first-order valence-electron chi connectivity index (χ1n) is 6.68. The van der Waals surface area contributed by atoms with E-state index >= 15 is 0 Å². The van der Waals surface area contributed by atoms with Crippen LogP contribution < -0.4 is 4.74 Å². The van der Waals surface area contributed by atoms with Crippen LogP contribution in [0.2, 0.25) is 0 Å².